The van der Waals surface area contributed by atoms with Crippen molar-refractivity contribution in [3.8, 4) is 5.75 Å². The van der Waals surface area contributed by atoms with Crippen LogP contribution in [0, 0.1) is 0 Å². The van der Waals surface area contributed by atoms with E-state index in [2.05, 4.69) is 4.72 Å². The van der Waals surface area contributed by atoms with Crippen LogP contribution in [0.4, 0.5) is 0 Å². The Bertz CT molecular complexity index is 700. The third-order valence-corrected chi connectivity index (χ3v) is 5.89. The van der Waals surface area contributed by atoms with E-state index in [1.165, 1.54) is 18.4 Å². The quantitative estimate of drug-likeness (QED) is 0.657. The first kappa shape index (κ1) is 19.8. The molecule has 1 aromatic carbocycles. The van der Waals surface area contributed by atoms with Crippen molar-refractivity contribution in [2.45, 2.75) is 6.54 Å². The maximum Gasteiger partial charge on any atom is 0.278 e. The molecule has 0 saturated heterocycles. The van der Waals surface area contributed by atoms with Crippen LogP contribution in [0.15, 0.2) is 24.3 Å². The molecule has 10 heteroatoms. The van der Waals surface area contributed by atoms with E-state index in [9.17, 15) is 16.8 Å². The molecule has 0 atom stereocenters. The van der Waals surface area contributed by atoms with E-state index in [0.29, 0.717) is 5.75 Å². The molecular formula is C13H23N3O5S2. The van der Waals surface area contributed by atoms with Crippen molar-refractivity contribution >= 4 is 20.2 Å². The molecule has 1 rings (SSSR count). The summed E-state index contributed by atoms with van der Waals surface area (Å²) in [6.07, 6.45) is 1.09. The molecule has 0 saturated carbocycles. The van der Waals surface area contributed by atoms with Crippen molar-refractivity contribution in [1.29, 1.82) is 0 Å². The molecule has 0 bridgehead atoms. The monoisotopic (exact) mass is 365 g/mol. The third-order valence-electron chi connectivity index (χ3n) is 3.11. The van der Waals surface area contributed by atoms with Gasteiger partial charge in [0, 0.05) is 33.7 Å². The molecule has 8 nitrogen and oxygen atoms in total. The van der Waals surface area contributed by atoms with Gasteiger partial charge in [-0.2, -0.15) is 17.0 Å². The lowest BCUT2D eigenvalue weighted by molar-refractivity contribution is 0.406. The molecule has 0 unspecified atom stereocenters. The lowest BCUT2D eigenvalue weighted by Crippen LogP contribution is -2.41. The average Bonchev–Trinajstić information content (AvgIpc) is 2.45. The largest absolute Gasteiger partial charge is 0.497 e. The minimum Gasteiger partial charge on any atom is -0.497 e. The standard InChI is InChI=1S/C13H23N3O5S2/c1-15(2)23(19,20)14-9-10-16(22(4,17)18)11-12-5-7-13(21-3)8-6-12/h5-8,14H,9-11H2,1-4H3. The molecule has 0 aromatic heterocycles. The number of benzene rings is 1. The highest BCUT2D eigenvalue weighted by molar-refractivity contribution is 7.88. The summed E-state index contributed by atoms with van der Waals surface area (Å²) in [6, 6.07) is 7.01. The summed E-state index contributed by atoms with van der Waals surface area (Å²) in [6.45, 7) is 0.189. The van der Waals surface area contributed by atoms with Gasteiger partial charge in [-0.05, 0) is 17.7 Å². The summed E-state index contributed by atoms with van der Waals surface area (Å²) >= 11 is 0. The fourth-order valence-corrected chi connectivity index (χ4v) is 3.14. The maximum atomic E-state index is 11.9. The SMILES string of the molecule is COc1ccc(CN(CCNS(=O)(=O)N(C)C)S(C)(=O)=O)cc1. The fraction of sp³-hybridized carbons (Fsp3) is 0.538. The molecule has 0 radical (unpaired) electrons. The first-order valence-corrected chi connectivity index (χ1v) is 10.1. The van der Waals surface area contributed by atoms with E-state index in [0.717, 1.165) is 16.1 Å². The van der Waals surface area contributed by atoms with Gasteiger partial charge in [-0.15, -0.1) is 0 Å². The van der Waals surface area contributed by atoms with Crippen LogP contribution in [-0.2, 0) is 26.8 Å². The van der Waals surface area contributed by atoms with Gasteiger partial charge in [0.05, 0.1) is 13.4 Å². The first-order chi connectivity index (χ1) is 10.6. The molecule has 132 valence electrons. The molecule has 0 aliphatic carbocycles. The Hall–Kier alpha value is -1.20. The van der Waals surface area contributed by atoms with E-state index in [4.69, 9.17) is 4.74 Å². The predicted octanol–water partition coefficient (Wildman–Crippen LogP) is -0.147. The highest BCUT2D eigenvalue weighted by atomic mass is 32.2. The summed E-state index contributed by atoms with van der Waals surface area (Å²) in [5.41, 5.74) is 0.784. The van der Waals surface area contributed by atoms with Gasteiger partial charge in [0.1, 0.15) is 5.75 Å². The van der Waals surface area contributed by atoms with Crippen LogP contribution in [0.1, 0.15) is 5.56 Å². The Morgan fingerprint density at radius 1 is 1.09 bits per heavy atom. The lowest BCUT2D eigenvalue weighted by Gasteiger charge is -2.21. The zero-order valence-corrected chi connectivity index (χ0v) is 15.3. The zero-order chi connectivity index (χ0) is 17.7. The first-order valence-electron chi connectivity index (χ1n) is 6.81. The van der Waals surface area contributed by atoms with Crippen LogP contribution in [0.2, 0.25) is 0 Å². The molecule has 0 aliphatic rings. The van der Waals surface area contributed by atoms with Crippen LogP contribution in [0.5, 0.6) is 5.75 Å². The smallest absolute Gasteiger partial charge is 0.278 e. The van der Waals surface area contributed by atoms with Crippen molar-refractivity contribution in [1.82, 2.24) is 13.3 Å². The van der Waals surface area contributed by atoms with Crippen LogP contribution in [0.25, 0.3) is 0 Å². The molecule has 1 aromatic rings. The van der Waals surface area contributed by atoms with Crippen LogP contribution in [-0.4, -0.2) is 66.0 Å². The predicted molar refractivity (Wildman–Crippen MR) is 88.9 cm³/mol. The Morgan fingerprint density at radius 3 is 2.09 bits per heavy atom. The molecule has 0 fully saturated rings. The summed E-state index contributed by atoms with van der Waals surface area (Å²) in [5, 5.41) is 0. The molecule has 0 amide bonds. The number of nitrogens with one attached hydrogen (secondary N) is 1. The summed E-state index contributed by atoms with van der Waals surface area (Å²) in [4.78, 5) is 0. The number of ether oxygens (including phenoxy) is 1. The van der Waals surface area contributed by atoms with E-state index in [1.807, 2.05) is 0 Å². The summed E-state index contributed by atoms with van der Waals surface area (Å²) in [7, 11) is -2.70. The molecule has 0 aliphatic heterocycles. The van der Waals surface area contributed by atoms with Crippen LogP contribution >= 0.6 is 0 Å². The number of nitrogens with zero attached hydrogens (tertiary/aromatic N) is 2. The van der Waals surface area contributed by atoms with Crippen molar-refractivity contribution in [2.75, 3.05) is 40.6 Å². The van der Waals surface area contributed by atoms with Crippen molar-refractivity contribution < 1.29 is 21.6 Å². The number of hydrogen-bond acceptors (Lipinski definition) is 5. The molecule has 0 heterocycles. The number of methoxy groups -OCH3 is 1. The lowest BCUT2D eigenvalue weighted by atomic mass is 10.2. The topological polar surface area (TPSA) is 96.0 Å². The second-order valence-corrected chi connectivity index (χ2v) is 9.08. The molecule has 23 heavy (non-hydrogen) atoms. The van der Waals surface area contributed by atoms with E-state index in [1.54, 1.807) is 31.4 Å². The number of rotatable bonds is 9. The van der Waals surface area contributed by atoms with E-state index >= 15 is 0 Å². The van der Waals surface area contributed by atoms with Gasteiger partial charge < -0.3 is 4.74 Å². The number of hydrogen-bond donors (Lipinski definition) is 1. The molecule has 0 spiro atoms. The Morgan fingerprint density at radius 2 is 1.65 bits per heavy atom. The minimum atomic E-state index is -3.58. The molecular weight excluding hydrogens is 342 g/mol. The van der Waals surface area contributed by atoms with Gasteiger partial charge in [0.15, 0.2) is 0 Å². The summed E-state index contributed by atoms with van der Waals surface area (Å²) < 4.78 is 56.6. The minimum absolute atomic E-state index is 0.0102. The zero-order valence-electron chi connectivity index (χ0n) is 13.7. The molecule has 1 N–H and O–H groups in total. The van der Waals surface area contributed by atoms with Gasteiger partial charge in [0.25, 0.3) is 10.2 Å². The van der Waals surface area contributed by atoms with E-state index < -0.39 is 20.2 Å². The second-order valence-electron chi connectivity index (χ2n) is 5.13. The Labute approximate surface area is 138 Å². The van der Waals surface area contributed by atoms with Gasteiger partial charge >= 0.3 is 0 Å². The van der Waals surface area contributed by atoms with E-state index in [-0.39, 0.29) is 19.6 Å². The Kier molecular flexibility index (Phi) is 6.96. The Balaban J connectivity index is 2.74. The highest BCUT2D eigenvalue weighted by Gasteiger charge is 2.19. The van der Waals surface area contributed by atoms with Gasteiger partial charge in [-0.1, -0.05) is 12.1 Å². The second kappa shape index (κ2) is 8.06. The fourth-order valence-electron chi connectivity index (χ4n) is 1.73. The number of sulfonamides is 1. The van der Waals surface area contributed by atoms with Gasteiger partial charge in [0.2, 0.25) is 10.0 Å². The van der Waals surface area contributed by atoms with Crippen molar-refractivity contribution in [3.63, 3.8) is 0 Å². The third kappa shape index (κ3) is 6.43. The van der Waals surface area contributed by atoms with Gasteiger partial charge in [-0.25, -0.2) is 13.1 Å². The van der Waals surface area contributed by atoms with Gasteiger partial charge in [-0.3, -0.25) is 0 Å². The summed E-state index contributed by atoms with van der Waals surface area (Å²) in [5.74, 6) is 0.679. The normalized spacial score (nSPS) is 12.8. The average molecular weight is 365 g/mol. The van der Waals surface area contributed by atoms with Crippen molar-refractivity contribution in [3.05, 3.63) is 29.8 Å². The van der Waals surface area contributed by atoms with Crippen LogP contribution < -0.4 is 9.46 Å². The van der Waals surface area contributed by atoms with Crippen molar-refractivity contribution in [2.24, 2.45) is 0 Å². The van der Waals surface area contributed by atoms with Crippen LogP contribution in [0.3, 0.4) is 0 Å². The highest BCUT2D eigenvalue weighted by Crippen LogP contribution is 2.14. The maximum absolute atomic E-state index is 11.9.